The quantitative estimate of drug-likeness (QED) is 0.689. The van der Waals surface area contributed by atoms with E-state index in [9.17, 15) is 4.79 Å². The lowest BCUT2D eigenvalue weighted by Crippen LogP contribution is -2.35. The number of rotatable bonds is 2. The fourth-order valence-electron chi connectivity index (χ4n) is 4.90. The second kappa shape index (κ2) is 3.81. The van der Waals surface area contributed by atoms with E-state index in [4.69, 9.17) is 4.74 Å². The topological polar surface area (TPSA) is 26.3 Å². The summed E-state index contributed by atoms with van der Waals surface area (Å²) < 4.78 is 6.22. The first-order valence-corrected chi connectivity index (χ1v) is 7.18. The molecule has 3 aliphatic rings. The van der Waals surface area contributed by atoms with Crippen molar-refractivity contribution in [2.75, 3.05) is 0 Å². The van der Waals surface area contributed by atoms with Crippen LogP contribution in [0.4, 0.5) is 0 Å². The van der Waals surface area contributed by atoms with Gasteiger partial charge in [-0.05, 0) is 48.9 Å². The van der Waals surface area contributed by atoms with Gasteiger partial charge >= 0.3 is 0 Å². The molecule has 1 aliphatic carbocycles. The third-order valence-electron chi connectivity index (χ3n) is 5.87. The molecule has 0 aromatic rings. The van der Waals surface area contributed by atoms with Crippen molar-refractivity contribution in [3.8, 4) is 0 Å². The highest BCUT2D eigenvalue weighted by Crippen LogP contribution is 2.62. The predicted octanol–water partition coefficient (Wildman–Crippen LogP) is 3.05. The molecule has 0 radical (unpaired) electrons. The van der Waals surface area contributed by atoms with Gasteiger partial charge in [-0.3, -0.25) is 0 Å². The molecule has 2 aliphatic heterocycles. The van der Waals surface area contributed by atoms with Crippen LogP contribution in [0.1, 0.15) is 46.5 Å². The van der Waals surface area contributed by atoms with Gasteiger partial charge in [0.05, 0.1) is 12.2 Å². The highest BCUT2D eigenvalue weighted by atomic mass is 16.5. The maximum Gasteiger partial charge on any atom is 0.125 e. The molecular formula is C15H24O2. The van der Waals surface area contributed by atoms with E-state index in [0.717, 1.165) is 31.0 Å². The zero-order valence-corrected chi connectivity index (χ0v) is 11.2. The van der Waals surface area contributed by atoms with Gasteiger partial charge < -0.3 is 9.53 Å². The summed E-state index contributed by atoms with van der Waals surface area (Å²) in [5.41, 5.74) is 0.358. The molecule has 3 rings (SSSR count). The molecule has 6 atom stereocenters. The number of hydrogen-bond donors (Lipinski definition) is 0. The van der Waals surface area contributed by atoms with E-state index in [1.807, 2.05) is 0 Å². The summed E-state index contributed by atoms with van der Waals surface area (Å²) in [4.78, 5) is 11.2. The average molecular weight is 236 g/mol. The van der Waals surface area contributed by atoms with Crippen LogP contribution in [0.3, 0.4) is 0 Å². The van der Waals surface area contributed by atoms with Crippen molar-refractivity contribution >= 4 is 6.29 Å². The summed E-state index contributed by atoms with van der Waals surface area (Å²) in [7, 11) is 0. The number of hydrogen-bond acceptors (Lipinski definition) is 2. The number of aldehydes is 1. The third kappa shape index (κ3) is 1.46. The SMILES string of the molecule is CC(C)C1CCC2(C)C3CCC(C=O)C(O3)C12. The van der Waals surface area contributed by atoms with Crippen LogP contribution in [0, 0.1) is 29.1 Å². The van der Waals surface area contributed by atoms with Crippen molar-refractivity contribution in [3.63, 3.8) is 0 Å². The minimum atomic E-state index is 0.164. The molecule has 2 saturated heterocycles. The molecule has 17 heavy (non-hydrogen) atoms. The minimum Gasteiger partial charge on any atom is -0.373 e. The zero-order chi connectivity index (χ0) is 12.2. The van der Waals surface area contributed by atoms with Gasteiger partial charge in [0.1, 0.15) is 6.29 Å². The number of carbonyl (C=O) groups excluding carboxylic acids is 1. The molecule has 0 spiro atoms. The lowest BCUT2D eigenvalue weighted by Gasteiger charge is -2.32. The van der Waals surface area contributed by atoms with Gasteiger partial charge in [-0.15, -0.1) is 0 Å². The van der Waals surface area contributed by atoms with Crippen LogP contribution >= 0.6 is 0 Å². The molecule has 2 nitrogen and oxygen atoms in total. The van der Waals surface area contributed by atoms with Crippen LogP contribution in [-0.2, 0) is 9.53 Å². The van der Waals surface area contributed by atoms with Gasteiger partial charge in [0, 0.05) is 5.92 Å². The molecule has 6 unspecified atom stereocenters. The van der Waals surface area contributed by atoms with Crippen LogP contribution in [0.2, 0.25) is 0 Å². The van der Waals surface area contributed by atoms with Gasteiger partial charge in [-0.2, -0.15) is 0 Å². The summed E-state index contributed by atoms with van der Waals surface area (Å²) in [5, 5.41) is 0. The van der Waals surface area contributed by atoms with Gasteiger partial charge in [0.25, 0.3) is 0 Å². The van der Waals surface area contributed by atoms with Crippen molar-refractivity contribution in [3.05, 3.63) is 0 Å². The summed E-state index contributed by atoms with van der Waals surface area (Å²) in [6.45, 7) is 7.07. The molecule has 96 valence electrons. The summed E-state index contributed by atoms with van der Waals surface area (Å²) in [5.74, 6) is 2.27. The summed E-state index contributed by atoms with van der Waals surface area (Å²) >= 11 is 0. The maximum atomic E-state index is 11.2. The maximum absolute atomic E-state index is 11.2. The monoisotopic (exact) mass is 236 g/mol. The first-order chi connectivity index (χ1) is 8.08. The van der Waals surface area contributed by atoms with E-state index in [1.54, 1.807) is 0 Å². The molecule has 2 bridgehead atoms. The van der Waals surface area contributed by atoms with Gasteiger partial charge in [0.15, 0.2) is 0 Å². The normalized spacial score (nSPS) is 52.8. The fourth-order valence-corrected chi connectivity index (χ4v) is 4.90. The molecule has 2 heteroatoms. The smallest absolute Gasteiger partial charge is 0.125 e. The Kier molecular flexibility index (Phi) is 2.62. The highest BCUT2D eigenvalue weighted by Gasteiger charge is 2.62. The first-order valence-electron chi connectivity index (χ1n) is 7.18. The second-order valence-corrected chi connectivity index (χ2v) is 6.94. The molecule has 0 aromatic heterocycles. The summed E-state index contributed by atoms with van der Waals surface area (Å²) in [6.07, 6.45) is 6.59. The van der Waals surface area contributed by atoms with E-state index in [2.05, 4.69) is 20.8 Å². The Morgan fingerprint density at radius 2 is 2.06 bits per heavy atom. The largest absolute Gasteiger partial charge is 0.373 e. The standard InChI is InChI=1S/C15H24O2/c1-9(2)11-6-7-15(3)12-5-4-10(8-16)14(17-12)13(11)15/h8-14H,4-7H2,1-3H3. The van der Waals surface area contributed by atoms with Crippen molar-refractivity contribution in [1.29, 1.82) is 0 Å². The lowest BCUT2D eigenvalue weighted by atomic mass is 9.70. The van der Waals surface area contributed by atoms with Gasteiger partial charge in [-0.1, -0.05) is 20.8 Å². The summed E-state index contributed by atoms with van der Waals surface area (Å²) in [6, 6.07) is 0. The Balaban J connectivity index is 1.95. The number of ether oxygens (including phenoxy) is 1. The lowest BCUT2D eigenvalue weighted by molar-refractivity contribution is -0.122. The molecule has 3 fully saturated rings. The van der Waals surface area contributed by atoms with Gasteiger partial charge in [-0.25, -0.2) is 0 Å². The van der Waals surface area contributed by atoms with Crippen LogP contribution in [0.15, 0.2) is 0 Å². The van der Waals surface area contributed by atoms with Crippen molar-refractivity contribution < 1.29 is 9.53 Å². The van der Waals surface area contributed by atoms with E-state index in [-0.39, 0.29) is 12.0 Å². The highest BCUT2D eigenvalue weighted by molar-refractivity contribution is 5.55. The third-order valence-corrected chi connectivity index (χ3v) is 5.87. The Morgan fingerprint density at radius 1 is 1.29 bits per heavy atom. The Labute approximate surface area is 104 Å². The van der Waals surface area contributed by atoms with Crippen LogP contribution < -0.4 is 0 Å². The van der Waals surface area contributed by atoms with E-state index >= 15 is 0 Å². The molecule has 2 heterocycles. The first kappa shape index (κ1) is 11.7. The molecule has 1 saturated carbocycles. The van der Waals surface area contributed by atoms with E-state index in [1.165, 1.54) is 12.8 Å². The Morgan fingerprint density at radius 3 is 2.71 bits per heavy atom. The second-order valence-electron chi connectivity index (χ2n) is 6.94. The van der Waals surface area contributed by atoms with Gasteiger partial charge in [0.2, 0.25) is 0 Å². The zero-order valence-electron chi connectivity index (χ0n) is 11.2. The van der Waals surface area contributed by atoms with E-state index in [0.29, 0.717) is 17.4 Å². The number of fused-ring (bicyclic) bond motifs is 5. The molecular weight excluding hydrogens is 212 g/mol. The molecule has 0 amide bonds. The average Bonchev–Trinajstić information content (AvgIpc) is 2.76. The van der Waals surface area contributed by atoms with Crippen molar-refractivity contribution in [2.45, 2.75) is 58.7 Å². The predicted molar refractivity (Wildman–Crippen MR) is 66.6 cm³/mol. The fraction of sp³-hybridized carbons (Fsp3) is 0.933. The van der Waals surface area contributed by atoms with Crippen molar-refractivity contribution in [1.82, 2.24) is 0 Å². The minimum absolute atomic E-state index is 0.164. The molecule has 0 N–H and O–H groups in total. The van der Waals surface area contributed by atoms with Crippen LogP contribution in [0.25, 0.3) is 0 Å². The van der Waals surface area contributed by atoms with Crippen LogP contribution in [-0.4, -0.2) is 18.5 Å². The van der Waals surface area contributed by atoms with Crippen molar-refractivity contribution in [2.24, 2.45) is 29.1 Å². The number of carbonyl (C=O) groups is 1. The van der Waals surface area contributed by atoms with E-state index < -0.39 is 0 Å². The Hall–Kier alpha value is -0.370. The molecule has 0 aromatic carbocycles. The van der Waals surface area contributed by atoms with Crippen LogP contribution in [0.5, 0.6) is 0 Å². The Bertz CT molecular complexity index is 325.